The molecule has 1 aromatic rings. The normalized spacial score (nSPS) is 24.6. The molecule has 164 valence electrons. The van der Waals surface area contributed by atoms with Gasteiger partial charge in [-0.15, -0.1) is 11.8 Å². The zero-order chi connectivity index (χ0) is 22.3. The van der Waals surface area contributed by atoms with Crippen molar-refractivity contribution in [2.75, 3.05) is 12.5 Å². The molecule has 15 heteroatoms. The van der Waals surface area contributed by atoms with Crippen LogP contribution < -0.4 is 10.1 Å². The number of carbonyl (C=O) groups excluding carboxylic acids is 2. The van der Waals surface area contributed by atoms with Crippen LogP contribution >= 0.6 is 11.8 Å². The Labute approximate surface area is 172 Å². The molecule has 0 aromatic heterocycles. The molecule has 3 atom stereocenters. The fraction of sp³-hybridized carbons (Fsp3) is 0.400. The van der Waals surface area contributed by atoms with Crippen LogP contribution in [-0.2, 0) is 24.4 Å². The number of sulfonamides is 1. The lowest BCUT2D eigenvalue weighted by atomic mass is 10.1. The Hall–Kier alpha value is -2.52. The molecule has 0 bridgehead atoms. The van der Waals surface area contributed by atoms with Crippen molar-refractivity contribution in [2.45, 2.75) is 23.1 Å². The van der Waals surface area contributed by atoms with Crippen molar-refractivity contribution in [2.24, 2.45) is 0 Å². The predicted molar refractivity (Wildman–Crippen MR) is 95.2 cm³/mol. The number of benzene rings is 1. The van der Waals surface area contributed by atoms with Crippen molar-refractivity contribution in [1.29, 1.82) is 0 Å². The van der Waals surface area contributed by atoms with Crippen LogP contribution in [-0.4, -0.2) is 76.1 Å². The van der Waals surface area contributed by atoms with Gasteiger partial charge in [0.1, 0.15) is 17.2 Å². The summed E-state index contributed by atoms with van der Waals surface area (Å²) < 4.78 is 66.9. The lowest BCUT2D eigenvalue weighted by Gasteiger charge is -2.54. The average Bonchev–Trinajstić information content (AvgIpc) is 2.68. The molecule has 10 nitrogen and oxygen atoms in total. The summed E-state index contributed by atoms with van der Waals surface area (Å²) in [6.07, 6.45) is -2.37. The van der Waals surface area contributed by atoms with Gasteiger partial charge in [-0.2, -0.15) is 17.5 Å². The van der Waals surface area contributed by atoms with Crippen molar-refractivity contribution in [3.8, 4) is 5.75 Å². The van der Waals surface area contributed by atoms with Crippen molar-refractivity contribution in [1.82, 2.24) is 14.5 Å². The minimum atomic E-state index is -5.99. The summed E-state index contributed by atoms with van der Waals surface area (Å²) in [5.74, 6) is -4.15. The van der Waals surface area contributed by atoms with E-state index in [1.165, 1.54) is 0 Å². The van der Waals surface area contributed by atoms with Gasteiger partial charge >= 0.3 is 21.5 Å². The highest BCUT2D eigenvalue weighted by molar-refractivity contribution is 8.01. The summed E-state index contributed by atoms with van der Waals surface area (Å²) in [5.41, 5.74) is -5.73. The fourth-order valence-electron chi connectivity index (χ4n) is 2.87. The van der Waals surface area contributed by atoms with Crippen LogP contribution in [0.25, 0.3) is 0 Å². The first-order chi connectivity index (χ1) is 13.9. The van der Waals surface area contributed by atoms with Gasteiger partial charge in [0, 0.05) is 0 Å². The number of aliphatic carboxylic acids is 1. The van der Waals surface area contributed by atoms with Crippen LogP contribution in [0.1, 0.15) is 0 Å². The number of rotatable bonds is 6. The number of carboxylic acids is 1. The Balaban J connectivity index is 1.68. The van der Waals surface area contributed by atoms with E-state index in [0.717, 1.165) is 0 Å². The molecule has 2 amide bonds. The van der Waals surface area contributed by atoms with Crippen LogP contribution in [0.2, 0.25) is 0 Å². The third kappa shape index (κ3) is 3.91. The van der Waals surface area contributed by atoms with E-state index in [1.54, 1.807) is 30.3 Å². The quantitative estimate of drug-likeness (QED) is 0.556. The minimum absolute atomic E-state index is 0.301. The molecule has 3 rings (SSSR count). The topological polar surface area (TPSA) is 133 Å². The Morgan fingerprint density at radius 2 is 1.90 bits per heavy atom. The van der Waals surface area contributed by atoms with E-state index < -0.39 is 63.4 Å². The molecule has 2 N–H and O–H groups in total. The molecule has 0 aliphatic carbocycles. The number of nitrogens with one attached hydrogen (secondary N) is 1. The Kier molecular flexibility index (Phi) is 5.88. The van der Waals surface area contributed by atoms with Crippen LogP contribution in [0.4, 0.5) is 13.2 Å². The zero-order valence-corrected chi connectivity index (χ0v) is 16.4. The third-order valence-electron chi connectivity index (χ3n) is 4.24. The van der Waals surface area contributed by atoms with E-state index >= 15 is 0 Å². The number of amides is 2. The molecule has 2 aliphatic heterocycles. The Bertz CT molecular complexity index is 958. The smallest absolute Gasteiger partial charge is 0.484 e. The van der Waals surface area contributed by atoms with Crippen LogP contribution in [0.15, 0.2) is 30.3 Å². The molecule has 0 radical (unpaired) electrons. The first-order valence-corrected chi connectivity index (χ1v) is 10.7. The Morgan fingerprint density at radius 1 is 1.27 bits per heavy atom. The molecule has 0 spiro atoms. The Morgan fingerprint density at radius 3 is 2.47 bits per heavy atom. The van der Waals surface area contributed by atoms with Gasteiger partial charge in [0.2, 0.25) is 0 Å². The lowest BCUT2D eigenvalue weighted by Crippen LogP contribution is -2.78. The molecule has 1 aromatic carbocycles. The number of β-lactam (4-membered cyclic amide) rings is 1. The predicted octanol–water partition coefficient (Wildman–Crippen LogP) is -0.0149. The van der Waals surface area contributed by atoms with Gasteiger partial charge in [-0.1, -0.05) is 18.2 Å². The highest BCUT2D eigenvalue weighted by Crippen LogP contribution is 2.42. The number of alkyl halides is 3. The number of hydrogen-bond donors (Lipinski definition) is 2. The van der Waals surface area contributed by atoms with E-state index in [0.29, 0.717) is 22.4 Å². The summed E-state index contributed by atoms with van der Waals surface area (Å²) in [7, 11) is -5.99. The molecule has 2 aliphatic rings. The maximum atomic E-state index is 12.9. The largest absolute Gasteiger partial charge is 0.511 e. The molecule has 2 heterocycles. The van der Waals surface area contributed by atoms with Crippen molar-refractivity contribution >= 4 is 39.6 Å². The first-order valence-electron chi connectivity index (χ1n) is 8.17. The van der Waals surface area contributed by atoms with Gasteiger partial charge in [0.15, 0.2) is 12.8 Å². The zero-order valence-electron chi connectivity index (χ0n) is 14.8. The summed E-state index contributed by atoms with van der Waals surface area (Å²) in [4.78, 5) is 36.3. The number of fused-ring (bicyclic) bond motifs is 1. The second-order valence-electron chi connectivity index (χ2n) is 6.13. The number of nitrogens with zero attached hydrogens (tertiary/aromatic N) is 2. The fourth-order valence-corrected chi connectivity index (χ4v) is 5.53. The maximum absolute atomic E-state index is 12.9. The number of halogens is 3. The van der Waals surface area contributed by atoms with E-state index in [9.17, 15) is 41.1 Å². The standard InChI is InChI=1S/C15H14F3N3O7S2/c16-15(17,18)30(26,27)20-7-29-13-10(12(23)21(13)11(20)14(24)25)19-9(22)6-28-8-4-2-1-3-5-8/h1-5,10-11,13H,6-7H2,(H,19,22)(H,24,25). The molecule has 0 saturated carbocycles. The highest BCUT2D eigenvalue weighted by atomic mass is 32.2. The lowest BCUT2D eigenvalue weighted by molar-refractivity contribution is -0.169. The van der Waals surface area contributed by atoms with Crippen molar-refractivity contribution < 1.29 is 45.8 Å². The molecule has 30 heavy (non-hydrogen) atoms. The van der Waals surface area contributed by atoms with Crippen molar-refractivity contribution in [3.63, 3.8) is 0 Å². The van der Waals surface area contributed by atoms with Gasteiger partial charge in [0.05, 0.1) is 5.88 Å². The summed E-state index contributed by atoms with van der Waals surface area (Å²) in [6.45, 7) is -0.456. The molecule has 3 unspecified atom stereocenters. The molecule has 2 fully saturated rings. The first kappa shape index (κ1) is 22.2. The SMILES string of the molecule is O=C(COc1ccccc1)NC1C(=O)N2C1SCN(S(=O)(=O)C(F)(F)F)C2C(=O)O. The number of ether oxygens (including phenoxy) is 1. The summed E-state index contributed by atoms with van der Waals surface area (Å²) in [6, 6.07) is 7.04. The average molecular weight is 469 g/mol. The van der Waals surface area contributed by atoms with Crippen LogP contribution in [0.3, 0.4) is 0 Å². The summed E-state index contributed by atoms with van der Waals surface area (Å²) >= 11 is 0.587. The maximum Gasteiger partial charge on any atom is 0.511 e. The minimum Gasteiger partial charge on any atom is -0.484 e. The van der Waals surface area contributed by atoms with Gasteiger partial charge in [0.25, 0.3) is 11.8 Å². The number of carbonyl (C=O) groups is 3. The molecule has 2 saturated heterocycles. The molecular weight excluding hydrogens is 455 g/mol. The van der Waals surface area contributed by atoms with E-state index in [1.807, 2.05) is 0 Å². The van der Waals surface area contributed by atoms with Crippen LogP contribution in [0.5, 0.6) is 5.75 Å². The summed E-state index contributed by atoms with van der Waals surface area (Å²) in [5, 5.41) is 10.5. The van der Waals surface area contributed by atoms with Crippen molar-refractivity contribution in [3.05, 3.63) is 30.3 Å². The van der Waals surface area contributed by atoms with Gasteiger partial charge in [-0.25, -0.2) is 13.2 Å². The highest BCUT2D eigenvalue weighted by Gasteiger charge is 2.63. The number of hydrogen-bond acceptors (Lipinski definition) is 7. The monoisotopic (exact) mass is 469 g/mol. The van der Waals surface area contributed by atoms with Gasteiger partial charge in [-0.05, 0) is 12.1 Å². The number of thioether (sulfide) groups is 1. The second kappa shape index (κ2) is 7.96. The molecular formula is C15H14F3N3O7S2. The second-order valence-corrected chi connectivity index (χ2v) is 9.09. The van der Waals surface area contributed by atoms with Crippen LogP contribution in [0, 0.1) is 0 Å². The number of carboxylic acid groups (broad SMARTS) is 1. The van der Waals surface area contributed by atoms with E-state index in [4.69, 9.17) is 4.74 Å². The van der Waals surface area contributed by atoms with E-state index in [-0.39, 0.29) is 4.31 Å². The van der Waals surface area contributed by atoms with Gasteiger partial charge < -0.3 is 15.2 Å². The van der Waals surface area contributed by atoms with Gasteiger partial charge in [-0.3, -0.25) is 14.5 Å². The third-order valence-corrected chi connectivity index (χ3v) is 7.20. The number of para-hydroxylation sites is 1. The van der Waals surface area contributed by atoms with E-state index in [2.05, 4.69) is 5.32 Å².